The molecule has 2 fully saturated rings. The van der Waals surface area contributed by atoms with Crippen LogP contribution >= 0.6 is 0 Å². The Balaban J connectivity index is 2.21. The van der Waals surface area contributed by atoms with Gasteiger partial charge in [-0.2, -0.15) is 0 Å². The summed E-state index contributed by atoms with van der Waals surface area (Å²) in [7, 11) is -0.930. The van der Waals surface area contributed by atoms with E-state index in [0.717, 1.165) is 25.2 Å². The lowest BCUT2D eigenvalue weighted by Crippen LogP contribution is -2.62. The summed E-state index contributed by atoms with van der Waals surface area (Å²) in [5.74, 6) is 0.808. The minimum absolute atomic E-state index is 0.288. The molecule has 2 unspecified atom stereocenters. The third-order valence-electron chi connectivity index (χ3n) is 5.78. The third kappa shape index (κ3) is 2.90. The fourth-order valence-corrected chi connectivity index (χ4v) is 6.18. The number of hydrogen-bond donors (Lipinski definition) is 1. The minimum atomic E-state index is -3.04. The molecule has 0 aromatic rings. The van der Waals surface area contributed by atoms with E-state index in [4.69, 9.17) is 5.73 Å². The Morgan fingerprint density at radius 3 is 2.30 bits per heavy atom. The van der Waals surface area contributed by atoms with E-state index in [0.29, 0.717) is 12.6 Å². The van der Waals surface area contributed by atoms with Crippen molar-refractivity contribution in [2.45, 2.75) is 68.7 Å². The van der Waals surface area contributed by atoms with Crippen molar-refractivity contribution in [1.29, 1.82) is 0 Å². The van der Waals surface area contributed by atoms with E-state index in [1.807, 2.05) is 0 Å². The van der Waals surface area contributed by atoms with Crippen LogP contribution < -0.4 is 5.73 Å². The molecule has 2 rings (SSSR count). The average Bonchev–Trinajstić information content (AvgIpc) is 2.84. The van der Waals surface area contributed by atoms with Crippen LogP contribution in [0.15, 0.2) is 0 Å². The highest BCUT2D eigenvalue weighted by Gasteiger charge is 2.51. The number of hydrogen-bond acceptors (Lipinski definition) is 4. The standard InChI is InChI=1S/C15H30N2O2S/c1-12-6-8-13(9-7-12)17(2)15(11-16)10-4-5-14(15)20(3,18)19/h12-14H,4-11,16H2,1-3H3. The molecule has 0 amide bonds. The van der Waals surface area contributed by atoms with Gasteiger partial charge in [-0.15, -0.1) is 0 Å². The van der Waals surface area contributed by atoms with Crippen LogP contribution in [-0.2, 0) is 9.84 Å². The van der Waals surface area contributed by atoms with Gasteiger partial charge in [0.2, 0.25) is 0 Å². The van der Waals surface area contributed by atoms with Gasteiger partial charge < -0.3 is 5.73 Å². The van der Waals surface area contributed by atoms with E-state index >= 15 is 0 Å². The van der Waals surface area contributed by atoms with Gasteiger partial charge in [-0.3, -0.25) is 4.90 Å². The van der Waals surface area contributed by atoms with Crippen LogP contribution in [0.5, 0.6) is 0 Å². The summed E-state index contributed by atoms with van der Waals surface area (Å²) in [6, 6.07) is 0.497. The zero-order chi connectivity index (χ0) is 15.0. The first-order chi connectivity index (χ1) is 9.31. The van der Waals surface area contributed by atoms with Crippen molar-refractivity contribution in [1.82, 2.24) is 4.90 Å². The summed E-state index contributed by atoms with van der Waals surface area (Å²) in [6.07, 6.45) is 8.89. The normalized spacial score (nSPS) is 39.4. The molecule has 118 valence electrons. The number of likely N-dealkylation sites (N-methyl/N-ethyl adjacent to an activating group) is 1. The Hall–Kier alpha value is -0.130. The summed E-state index contributed by atoms with van der Waals surface area (Å²) < 4.78 is 24.3. The Morgan fingerprint density at radius 1 is 1.20 bits per heavy atom. The Kier molecular flexibility index (Phi) is 4.82. The van der Waals surface area contributed by atoms with Gasteiger partial charge in [0, 0.05) is 24.4 Å². The molecular weight excluding hydrogens is 272 g/mol. The topological polar surface area (TPSA) is 63.4 Å². The second kappa shape index (κ2) is 5.93. The first kappa shape index (κ1) is 16.2. The largest absolute Gasteiger partial charge is 0.329 e. The minimum Gasteiger partial charge on any atom is -0.329 e. The van der Waals surface area contributed by atoms with Crippen LogP contribution in [0.4, 0.5) is 0 Å². The van der Waals surface area contributed by atoms with Crippen LogP contribution in [0.25, 0.3) is 0 Å². The van der Waals surface area contributed by atoms with Crippen molar-refractivity contribution in [2.75, 3.05) is 19.8 Å². The fourth-order valence-electron chi connectivity index (χ4n) is 4.41. The van der Waals surface area contributed by atoms with Gasteiger partial charge >= 0.3 is 0 Å². The van der Waals surface area contributed by atoms with E-state index in [2.05, 4.69) is 18.9 Å². The maximum atomic E-state index is 12.2. The van der Waals surface area contributed by atoms with Crippen LogP contribution in [-0.4, -0.2) is 50.0 Å². The molecule has 0 heterocycles. The van der Waals surface area contributed by atoms with Crippen LogP contribution in [0.3, 0.4) is 0 Å². The maximum absolute atomic E-state index is 12.2. The molecule has 0 radical (unpaired) electrons. The number of nitrogens with zero attached hydrogens (tertiary/aromatic N) is 1. The molecule has 2 N–H and O–H groups in total. The summed E-state index contributed by atoms with van der Waals surface area (Å²) in [4.78, 5) is 2.34. The monoisotopic (exact) mass is 302 g/mol. The highest BCUT2D eigenvalue weighted by atomic mass is 32.2. The lowest BCUT2D eigenvalue weighted by atomic mass is 9.83. The van der Waals surface area contributed by atoms with Crippen molar-refractivity contribution in [3.63, 3.8) is 0 Å². The van der Waals surface area contributed by atoms with Crippen LogP contribution in [0.2, 0.25) is 0 Å². The van der Waals surface area contributed by atoms with E-state index in [9.17, 15) is 8.42 Å². The molecule has 0 spiro atoms. The molecule has 20 heavy (non-hydrogen) atoms. The third-order valence-corrected chi connectivity index (χ3v) is 7.49. The van der Waals surface area contributed by atoms with E-state index in [-0.39, 0.29) is 10.8 Å². The SMILES string of the molecule is CC1CCC(N(C)C2(CN)CCCC2S(C)(=O)=O)CC1. The predicted molar refractivity (Wildman–Crippen MR) is 83.5 cm³/mol. The second-order valence-corrected chi connectivity index (χ2v) is 9.27. The van der Waals surface area contributed by atoms with Crippen LogP contribution in [0, 0.1) is 5.92 Å². The first-order valence-corrected chi connectivity index (χ1v) is 9.88. The highest BCUT2D eigenvalue weighted by Crippen LogP contribution is 2.41. The smallest absolute Gasteiger partial charge is 0.152 e. The molecular formula is C15H30N2O2S. The van der Waals surface area contributed by atoms with Gasteiger partial charge in [0.15, 0.2) is 9.84 Å². The molecule has 2 atom stereocenters. The molecule has 0 aromatic carbocycles. The van der Waals surface area contributed by atoms with E-state index < -0.39 is 9.84 Å². The molecule has 2 aliphatic rings. The van der Waals surface area contributed by atoms with Crippen molar-refractivity contribution < 1.29 is 8.42 Å². The maximum Gasteiger partial charge on any atom is 0.152 e. The van der Waals surface area contributed by atoms with Gasteiger partial charge in [0.25, 0.3) is 0 Å². The Bertz CT molecular complexity index is 429. The first-order valence-electron chi connectivity index (χ1n) is 7.93. The lowest BCUT2D eigenvalue weighted by molar-refractivity contribution is 0.0564. The summed E-state index contributed by atoms with van der Waals surface area (Å²) in [6.45, 7) is 2.76. The zero-order valence-corrected chi connectivity index (χ0v) is 14.0. The van der Waals surface area contributed by atoms with Crippen molar-refractivity contribution in [3.05, 3.63) is 0 Å². The van der Waals surface area contributed by atoms with Gasteiger partial charge in [-0.25, -0.2) is 8.42 Å². The van der Waals surface area contributed by atoms with Crippen molar-refractivity contribution in [2.24, 2.45) is 11.7 Å². The fraction of sp³-hybridized carbons (Fsp3) is 1.00. The molecule has 0 bridgehead atoms. The van der Waals surface area contributed by atoms with Crippen molar-refractivity contribution in [3.8, 4) is 0 Å². The Morgan fingerprint density at radius 2 is 1.80 bits per heavy atom. The molecule has 2 saturated carbocycles. The number of sulfone groups is 1. The van der Waals surface area contributed by atoms with Gasteiger partial charge in [-0.1, -0.05) is 13.3 Å². The molecule has 2 aliphatic carbocycles. The zero-order valence-electron chi connectivity index (χ0n) is 13.1. The van der Waals surface area contributed by atoms with Gasteiger partial charge in [0.05, 0.1) is 5.25 Å². The molecule has 0 aliphatic heterocycles. The quantitative estimate of drug-likeness (QED) is 0.860. The molecule has 0 aromatic heterocycles. The summed E-state index contributed by atoms with van der Waals surface area (Å²) in [5, 5.41) is -0.288. The van der Waals surface area contributed by atoms with E-state index in [1.165, 1.54) is 31.9 Å². The second-order valence-electron chi connectivity index (χ2n) is 7.04. The van der Waals surface area contributed by atoms with Crippen molar-refractivity contribution >= 4 is 9.84 Å². The molecule has 5 heteroatoms. The molecule has 4 nitrogen and oxygen atoms in total. The number of rotatable bonds is 4. The lowest BCUT2D eigenvalue weighted by Gasteiger charge is -2.47. The highest BCUT2D eigenvalue weighted by molar-refractivity contribution is 7.91. The predicted octanol–water partition coefficient (Wildman–Crippen LogP) is 1.79. The van der Waals surface area contributed by atoms with Crippen LogP contribution in [0.1, 0.15) is 51.9 Å². The molecule has 0 saturated heterocycles. The Labute approximate surface area is 124 Å². The average molecular weight is 302 g/mol. The van der Waals surface area contributed by atoms with Gasteiger partial charge in [-0.05, 0) is 51.5 Å². The van der Waals surface area contributed by atoms with E-state index in [1.54, 1.807) is 0 Å². The summed E-state index contributed by atoms with van der Waals surface area (Å²) >= 11 is 0. The van der Waals surface area contributed by atoms with Gasteiger partial charge in [0.1, 0.15) is 0 Å². The number of nitrogens with two attached hydrogens (primary N) is 1. The summed E-state index contributed by atoms with van der Waals surface area (Å²) in [5.41, 5.74) is 5.75.